The molecule has 102 valence electrons. The average molecular weight is 257 g/mol. The van der Waals surface area contributed by atoms with Crippen LogP contribution < -0.4 is 16.5 Å². The van der Waals surface area contributed by atoms with E-state index < -0.39 is 11.8 Å². The Morgan fingerprint density at radius 2 is 1.89 bits per heavy atom. The molecule has 1 rings (SSSR count). The number of amides is 3. The van der Waals surface area contributed by atoms with E-state index in [2.05, 4.69) is 15.6 Å². The molecule has 0 aromatic rings. The van der Waals surface area contributed by atoms with Gasteiger partial charge in [-0.2, -0.15) is 0 Å². The van der Waals surface area contributed by atoms with Gasteiger partial charge in [-0.1, -0.05) is 12.8 Å². The maximum Gasteiger partial charge on any atom is 0.246 e. The number of carbonyl (C=O) groups excluding carboxylic acids is 3. The molecular weight excluding hydrogens is 238 g/mol. The normalized spacial score (nSPS) is 15.3. The number of hydroxylamine groups is 1. The van der Waals surface area contributed by atoms with Crippen LogP contribution in [0.15, 0.2) is 0 Å². The van der Waals surface area contributed by atoms with Crippen molar-refractivity contribution in [1.29, 1.82) is 0 Å². The van der Waals surface area contributed by atoms with Gasteiger partial charge in [0.1, 0.15) is 0 Å². The van der Waals surface area contributed by atoms with E-state index >= 15 is 0 Å². The second kappa shape index (κ2) is 7.65. The van der Waals surface area contributed by atoms with Crippen molar-refractivity contribution in [3.63, 3.8) is 0 Å². The van der Waals surface area contributed by atoms with Gasteiger partial charge in [0.05, 0.1) is 0 Å². The second-order valence-corrected chi connectivity index (χ2v) is 4.30. The molecule has 0 saturated heterocycles. The molecule has 4 N–H and O–H groups in total. The first-order chi connectivity index (χ1) is 8.59. The molecule has 1 aliphatic carbocycles. The Morgan fingerprint density at radius 1 is 1.22 bits per heavy atom. The summed E-state index contributed by atoms with van der Waals surface area (Å²) in [4.78, 5) is 37.6. The van der Waals surface area contributed by atoms with Crippen molar-refractivity contribution < 1.29 is 19.2 Å². The molecule has 0 aliphatic heterocycles. The Kier molecular flexibility index (Phi) is 6.13. The molecule has 1 saturated carbocycles. The minimum atomic E-state index is -0.662. The molecule has 1 aliphatic rings. The highest BCUT2D eigenvalue weighted by Crippen LogP contribution is 2.24. The van der Waals surface area contributed by atoms with Crippen LogP contribution in [0.25, 0.3) is 0 Å². The Labute approximate surface area is 105 Å². The molecule has 0 heterocycles. The van der Waals surface area contributed by atoms with Gasteiger partial charge in [-0.05, 0) is 12.8 Å². The fourth-order valence-electron chi connectivity index (χ4n) is 1.87. The molecule has 3 amide bonds. The zero-order valence-corrected chi connectivity index (χ0v) is 10.2. The molecule has 0 spiro atoms. The summed E-state index contributed by atoms with van der Waals surface area (Å²) in [6, 6.07) is 0. The lowest BCUT2D eigenvalue weighted by Crippen LogP contribution is -2.34. The lowest BCUT2D eigenvalue weighted by Gasteiger charge is -2.10. The van der Waals surface area contributed by atoms with Gasteiger partial charge in [-0.25, -0.2) is 5.48 Å². The second-order valence-electron chi connectivity index (χ2n) is 4.30. The van der Waals surface area contributed by atoms with E-state index in [0.717, 1.165) is 25.7 Å². The quantitative estimate of drug-likeness (QED) is 0.519. The van der Waals surface area contributed by atoms with Crippen molar-refractivity contribution in [2.45, 2.75) is 32.1 Å². The molecule has 7 nitrogen and oxygen atoms in total. The van der Waals surface area contributed by atoms with Crippen LogP contribution in [0.4, 0.5) is 0 Å². The zero-order valence-electron chi connectivity index (χ0n) is 10.2. The number of rotatable bonds is 7. The molecule has 7 heteroatoms. The molecular formula is C11H19N3O4. The van der Waals surface area contributed by atoms with Crippen molar-refractivity contribution in [2.24, 2.45) is 11.7 Å². The fraction of sp³-hybridized carbons (Fsp3) is 0.727. The average Bonchev–Trinajstić information content (AvgIpc) is 2.81. The number of nitrogens with two attached hydrogens (primary N) is 1. The van der Waals surface area contributed by atoms with Gasteiger partial charge in [0.2, 0.25) is 17.7 Å². The van der Waals surface area contributed by atoms with E-state index in [1.165, 1.54) is 0 Å². The third-order valence-corrected chi connectivity index (χ3v) is 2.78. The number of hydrogen-bond donors (Lipinski definition) is 3. The number of primary amides is 1. The minimum absolute atomic E-state index is 0.0124. The first kappa shape index (κ1) is 14.4. The van der Waals surface area contributed by atoms with Crippen LogP contribution >= 0.6 is 0 Å². The van der Waals surface area contributed by atoms with Crippen molar-refractivity contribution in [1.82, 2.24) is 10.8 Å². The molecule has 0 unspecified atom stereocenters. The summed E-state index contributed by atoms with van der Waals surface area (Å²) in [6.45, 7) is -0.0960. The smallest absolute Gasteiger partial charge is 0.246 e. The number of hydrogen-bond acceptors (Lipinski definition) is 4. The third kappa shape index (κ3) is 5.62. The summed E-state index contributed by atoms with van der Waals surface area (Å²) in [5, 5.41) is 2.71. The van der Waals surface area contributed by atoms with Gasteiger partial charge >= 0.3 is 0 Å². The predicted molar refractivity (Wildman–Crippen MR) is 62.9 cm³/mol. The molecule has 18 heavy (non-hydrogen) atoms. The highest BCUT2D eigenvalue weighted by molar-refractivity contribution is 5.80. The molecule has 1 fully saturated rings. The summed E-state index contributed by atoms with van der Waals surface area (Å²) in [5.74, 6) is -0.953. The van der Waals surface area contributed by atoms with Crippen LogP contribution in [0.3, 0.4) is 0 Å². The summed E-state index contributed by atoms with van der Waals surface area (Å²) < 4.78 is 0. The van der Waals surface area contributed by atoms with Crippen molar-refractivity contribution in [3.8, 4) is 0 Å². The first-order valence-corrected chi connectivity index (χ1v) is 6.06. The Bertz CT molecular complexity index is 313. The molecule has 0 aromatic heterocycles. The monoisotopic (exact) mass is 257 g/mol. The standard InChI is InChI=1S/C11H19N3O4/c12-9(15)7-18-14-10(16)5-6-13-11(17)8-3-1-2-4-8/h8H,1-7H2,(H2,12,15)(H,13,17)(H,14,16). The van der Waals surface area contributed by atoms with Crippen molar-refractivity contribution >= 4 is 17.7 Å². The Morgan fingerprint density at radius 3 is 2.50 bits per heavy atom. The maximum atomic E-state index is 11.6. The van der Waals surface area contributed by atoms with Gasteiger partial charge in [0.15, 0.2) is 6.61 Å². The van der Waals surface area contributed by atoms with Crippen molar-refractivity contribution in [3.05, 3.63) is 0 Å². The maximum absolute atomic E-state index is 11.6. The first-order valence-electron chi connectivity index (χ1n) is 6.06. The molecule has 0 atom stereocenters. The largest absolute Gasteiger partial charge is 0.368 e. The van der Waals surface area contributed by atoms with E-state index in [1.54, 1.807) is 0 Å². The minimum Gasteiger partial charge on any atom is -0.368 e. The van der Waals surface area contributed by atoms with E-state index in [0.29, 0.717) is 0 Å². The summed E-state index contributed by atoms with van der Waals surface area (Å²) in [6.07, 6.45) is 4.16. The Balaban J connectivity index is 2.04. The number of carbonyl (C=O) groups is 3. The lowest BCUT2D eigenvalue weighted by molar-refractivity contribution is -0.137. The third-order valence-electron chi connectivity index (χ3n) is 2.78. The van der Waals surface area contributed by atoms with E-state index in [1.807, 2.05) is 0 Å². The van der Waals surface area contributed by atoms with E-state index in [-0.39, 0.29) is 31.4 Å². The Hall–Kier alpha value is -1.63. The van der Waals surface area contributed by atoms with Gasteiger partial charge in [-0.3, -0.25) is 19.2 Å². The van der Waals surface area contributed by atoms with Crippen molar-refractivity contribution in [2.75, 3.05) is 13.2 Å². The fourth-order valence-corrected chi connectivity index (χ4v) is 1.87. The molecule has 0 radical (unpaired) electrons. The van der Waals surface area contributed by atoms with Gasteiger partial charge < -0.3 is 11.1 Å². The lowest BCUT2D eigenvalue weighted by atomic mass is 10.1. The highest BCUT2D eigenvalue weighted by Gasteiger charge is 2.22. The van der Waals surface area contributed by atoms with Gasteiger partial charge in [0, 0.05) is 18.9 Å². The molecule has 0 bridgehead atoms. The molecule has 0 aromatic carbocycles. The van der Waals surface area contributed by atoms with Crippen LogP contribution in [-0.4, -0.2) is 30.9 Å². The summed E-state index contributed by atoms with van der Waals surface area (Å²) in [5.41, 5.74) is 6.88. The van der Waals surface area contributed by atoms with Crippen LogP contribution in [0.5, 0.6) is 0 Å². The SMILES string of the molecule is NC(=O)CONC(=O)CCNC(=O)C1CCCC1. The predicted octanol–water partition coefficient (Wildman–Crippen LogP) is -0.784. The topological polar surface area (TPSA) is 111 Å². The van der Waals surface area contributed by atoms with Crippen LogP contribution in [0, 0.1) is 5.92 Å². The van der Waals surface area contributed by atoms with Gasteiger partial charge in [-0.15, -0.1) is 0 Å². The summed E-state index contributed by atoms with van der Waals surface area (Å²) >= 11 is 0. The van der Waals surface area contributed by atoms with Gasteiger partial charge in [0.25, 0.3) is 0 Å². The van der Waals surface area contributed by atoms with Crippen LogP contribution in [-0.2, 0) is 19.2 Å². The van der Waals surface area contributed by atoms with Crippen LogP contribution in [0.1, 0.15) is 32.1 Å². The highest BCUT2D eigenvalue weighted by atomic mass is 16.7. The van der Waals surface area contributed by atoms with Crippen LogP contribution in [0.2, 0.25) is 0 Å². The summed E-state index contributed by atoms with van der Waals surface area (Å²) in [7, 11) is 0. The van der Waals surface area contributed by atoms with E-state index in [9.17, 15) is 14.4 Å². The number of nitrogens with one attached hydrogen (secondary N) is 2. The van der Waals surface area contributed by atoms with E-state index in [4.69, 9.17) is 5.73 Å². The zero-order chi connectivity index (χ0) is 13.4.